The molecule has 4 nitrogen and oxygen atoms in total. The number of halogens is 3. The lowest BCUT2D eigenvalue weighted by Crippen LogP contribution is -2.09. The first-order valence-electron chi connectivity index (χ1n) is 8.28. The van der Waals surface area contributed by atoms with Crippen molar-refractivity contribution in [2.75, 3.05) is 0 Å². The van der Waals surface area contributed by atoms with Gasteiger partial charge in [-0.3, -0.25) is 0 Å². The summed E-state index contributed by atoms with van der Waals surface area (Å²) in [5.41, 5.74) is 0.699. The fourth-order valence-electron chi connectivity index (χ4n) is 2.38. The Labute approximate surface area is 154 Å². The van der Waals surface area contributed by atoms with Crippen LogP contribution < -0.4 is 4.84 Å². The molecule has 0 atom stereocenters. The SMILES string of the molecule is N=CC(=C\C=C\c1c(F)cccc1F)/C(=N/Oc1ncccc1F)C1CC1. The predicted molar refractivity (Wildman–Crippen MR) is 97.2 cm³/mol. The Morgan fingerprint density at radius 2 is 1.81 bits per heavy atom. The van der Waals surface area contributed by atoms with Gasteiger partial charge in [-0.05, 0) is 43.2 Å². The van der Waals surface area contributed by atoms with Crippen LogP contribution in [0.25, 0.3) is 6.08 Å². The normalized spacial score (nSPS) is 15.2. The van der Waals surface area contributed by atoms with Crippen molar-refractivity contribution in [2.45, 2.75) is 12.8 Å². The Kier molecular flexibility index (Phi) is 5.80. The van der Waals surface area contributed by atoms with Gasteiger partial charge in [0.15, 0.2) is 5.82 Å². The van der Waals surface area contributed by atoms with E-state index < -0.39 is 17.5 Å². The number of allylic oxidation sites excluding steroid dienone is 3. The lowest BCUT2D eigenvalue weighted by atomic mass is 10.1. The molecule has 7 heteroatoms. The largest absolute Gasteiger partial charge is 0.333 e. The summed E-state index contributed by atoms with van der Waals surface area (Å²) in [6.45, 7) is 0. The molecule has 2 aromatic rings. The molecule has 0 bridgehead atoms. The maximum atomic E-state index is 13.7. The zero-order valence-electron chi connectivity index (χ0n) is 14.2. The second kappa shape index (κ2) is 8.44. The molecule has 0 aliphatic heterocycles. The Bertz CT molecular complexity index is 914. The van der Waals surface area contributed by atoms with Crippen LogP contribution in [-0.4, -0.2) is 16.9 Å². The Hall–Kier alpha value is -3.22. The number of nitrogens with one attached hydrogen (secondary N) is 1. The molecule has 0 spiro atoms. The molecule has 0 unspecified atom stereocenters. The first kappa shape index (κ1) is 18.6. The van der Waals surface area contributed by atoms with Gasteiger partial charge in [-0.25, -0.2) is 18.2 Å². The smallest absolute Gasteiger partial charge is 0.284 e. The van der Waals surface area contributed by atoms with Crippen LogP contribution in [0.4, 0.5) is 13.2 Å². The molecule has 138 valence electrons. The van der Waals surface area contributed by atoms with Crippen LogP contribution in [-0.2, 0) is 0 Å². The summed E-state index contributed by atoms with van der Waals surface area (Å²) in [5.74, 6) is -2.18. The van der Waals surface area contributed by atoms with E-state index in [0.717, 1.165) is 31.2 Å². The van der Waals surface area contributed by atoms with Gasteiger partial charge in [0.25, 0.3) is 5.88 Å². The second-order valence-electron chi connectivity index (χ2n) is 5.89. The summed E-state index contributed by atoms with van der Waals surface area (Å²) in [6.07, 6.45) is 8.39. The molecule has 1 saturated carbocycles. The number of aromatic nitrogens is 1. The topological polar surface area (TPSA) is 58.3 Å². The lowest BCUT2D eigenvalue weighted by molar-refractivity contribution is 0.306. The van der Waals surface area contributed by atoms with Gasteiger partial charge >= 0.3 is 0 Å². The summed E-state index contributed by atoms with van der Waals surface area (Å²) in [4.78, 5) is 8.86. The van der Waals surface area contributed by atoms with Crippen molar-refractivity contribution in [3.63, 3.8) is 0 Å². The molecule has 1 fully saturated rings. The van der Waals surface area contributed by atoms with E-state index >= 15 is 0 Å². The highest BCUT2D eigenvalue weighted by Gasteiger charge is 2.30. The Morgan fingerprint density at radius 1 is 1.11 bits per heavy atom. The van der Waals surface area contributed by atoms with Crippen LogP contribution in [0.15, 0.2) is 59.4 Å². The predicted octanol–water partition coefficient (Wildman–Crippen LogP) is 4.93. The summed E-state index contributed by atoms with van der Waals surface area (Å²) in [5, 5.41) is 11.6. The van der Waals surface area contributed by atoms with Crippen LogP contribution >= 0.6 is 0 Å². The van der Waals surface area contributed by atoms with E-state index in [0.29, 0.717) is 11.3 Å². The molecule has 0 radical (unpaired) electrons. The van der Waals surface area contributed by atoms with Crippen molar-refractivity contribution in [3.05, 3.63) is 77.3 Å². The zero-order valence-corrected chi connectivity index (χ0v) is 14.2. The van der Waals surface area contributed by atoms with E-state index in [2.05, 4.69) is 10.1 Å². The lowest BCUT2D eigenvalue weighted by Gasteiger charge is -2.05. The van der Waals surface area contributed by atoms with E-state index in [1.54, 1.807) is 0 Å². The van der Waals surface area contributed by atoms with Crippen LogP contribution in [0.1, 0.15) is 18.4 Å². The van der Waals surface area contributed by atoms with Gasteiger partial charge in [-0.2, -0.15) is 0 Å². The molecule has 1 aliphatic rings. The maximum absolute atomic E-state index is 13.7. The number of pyridine rings is 1. The Balaban J connectivity index is 1.83. The molecule has 1 N–H and O–H groups in total. The van der Waals surface area contributed by atoms with E-state index in [-0.39, 0.29) is 17.4 Å². The molecule has 1 aliphatic carbocycles. The van der Waals surface area contributed by atoms with Gasteiger partial charge in [0.1, 0.15) is 11.6 Å². The van der Waals surface area contributed by atoms with E-state index in [1.807, 2.05) is 0 Å². The fourth-order valence-corrected chi connectivity index (χ4v) is 2.38. The summed E-state index contributed by atoms with van der Waals surface area (Å²) >= 11 is 0. The van der Waals surface area contributed by atoms with Crippen LogP contribution in [0.5, 0.6) is 5.88 Å². The molecule has 1 aromatic carbocycles. The Morgan fingerprint density at radius 3 is 2.44 bits per heavy atom. The average Bonchev–Trinajstić information content (AvgIpc) is 3.49. The zero-order chi connectivity index (χ0) is 19.2. The minimum Gasteiger partial charge on any atom is -0.333 e. The van der Waals surface area contributed by atoms with Crippen LogP contribution in [0.3, 0.4) is 0 Å². The van der Waals surface area contributed by atoms with Crippen molar-refractivity contribution in [1.29, 1.82) is 5.41 Å². The monoisotopic (exact) mass is 371 g/mol. The number of benzene rings is 1. The number of rotatable bonds is 7. The number of nitrogens with zero attached hydrogens (tertiary/aromatic N) is 2. The van der Waals surface area contributed by atoms with E-state index in [1.165, 1.54) is 42.6 Å². The highest BCUT2D eigenvalue weighted by Crippen LogP contribution is 2.33. The van der Waals surface area contributed by atoms with Crippen molar-refractivity contribution in [1.82, 2.24) is 4.98 Å². The molecular formula is C20H16F3N3O. The van der Waals surface area contributed by atoms with Gasteiger partial charge < -0.3 is 10.2 Å². The van der Waals surface area contributed by atoms with E-state index in [4.69, 9.17) is 10.2 Å². The first-order chi connectivity index (χ1) is 13.1. The van der Waals surface area contributed by atoms with Crippen LogP contribution in [0.2, 0.25) is 0 Å². The van der Waals surface area contributed by atoms with Gasteiger partial charge in [0.05, 0.1) is 5.71 Å². The fraction of sp³-hybridized carbons (Fsp3) is 0.150. The van der Waals surface area contributed by atoms with Gasteiger partial charge in [0, 0.05) is 29.5 Å². The molecular weight excluding hydrogens is 355 g/mol. The number of hydrogen-bond donors (Lipinski definition) is 1. The quantitative estimate of drug-likeness (QED) is 0.426. The third-order valence-electron chi connectivity index (χ3n) is 3.91. The number of oxime groups is 1. The highest BCUT2D eigenvalue weighted by atomic mass is 19.1. The van der Waals surface area contributed by atoms with Crippen molar-refractivity contribution in [3.8, 4) is 5.88 Å². The molecule has 0 amide bonds. The van der Waals surface area contributed by atoms with Gasteiger partial charge in [-0.15, -0.1) is 0 Å². The average molecular weight is 371 g/mol. The minimum atomic E-state index is -0.680. The summed E-state index contributed by atoms with van der Waals surface area (Å²) in [6, 6.07) is 6.25. The third kappa shape index (κ3) is 4.69. The summed E-state index contributed by atoms with van der Waals surface area (Å²) in [7, 11) is 0. The standard InChI is InChI=1S/C20H16F3N3O/c21-16-6-2-7-17(22)15(16)5-1-4-14(12-24)19(13-9-10-13)26-27-20-18(23)8-3-11-25-20/h1-8,11-13,24H,9-10H2/b5-1+,14-4+,24-12?,26-19+. The molecule has 3 rings (SSSR count). The molecule has 0 saturated heterocycles. The van der Waals surface area contributed by atoms with Gasteiger partial charge in [-0.1, -0.05) is 23.4 Å². The maximum Gasteiger partial charge on any atom is 0.284 e. The molecule has 1 heterocycles. The van der Waals surface area contributed by atoms with E-state index in [9.17, 15) is 13.2 Å². The molecule has 27 heavy (non-hydrogen) atoms. The highest BCUT2D eigenvalue weighted by molar-refractivity contribution is 6.17. The van der Waals surface area contributed by atoms with Gasteiger partial charge in [0.2, 0.25) is 0 Å². The second-order valence-corrected chi connectivity index (χ2v) is 5.89. The van der Waals surface area contributed by atoms with Crippen LogP contribution in [0, 0.1) is 28.8 Å². The third-order valence-corrected chi connectivity index (χ3v) is 3.91. The van der Waals surface area contributed by atoms with Crippen molar-refractivity contribution >= 4 is 18.0 Å². The molecule has 1 aromatic heterocycles. The van der Waals surface area contributed by atoms with Crippen molar-refractivity contribution in [2.24, 2.45) is 11.1 Å². The van der Waals surface area contributed by atoms with Crippen molar-refractivity contribution < 1.29 is 18.0 Å². The number of hydrogen-bond acceptors (Lipinski definition) is 4. The summed E-state index contributed by atoms with van der Waals surface area (Å²) < 4.78 is 40.9. The first-order valence-corrected chi connectivity index (χ1v) is 8.28. The minimum absolute atomic E-state index is 0.0863.